The summed E-state index contributed by atoms with van der Waals surface area (Å²) in [6.07, 6.45) is 1.55. The van der Waals surface area contributed by atoms with Gasteiger partial charge >= 0.3 is 5.97 Å². The number of nitrogens with one attached hydrogen (secondary N) is 1. The van der Waals surface area contributed by atoms with Gasteiger partial charge in [0.15, 0.2) is 0 Å². The fraction of sp³-hybridized carbons (Fsp3) is 0.417. The van der Waals surface area contributed by atoms with E-state index in [1.165, 1.54) is 5.56 Å². The molecule has 0 radical (unpaired) electrons. The predicted molar refractivity (Wildman–Crippen MR) is 57.7 cm³/mol. The van der Waals surface area contributed by atoms with Crippen LogP contribution in [0.4, 0.5) is 0 Å². The minimum Gasteiger partial charge on any atom is -0.481 e. The molecule has 3 nitrogen and oxygen atoms in total. The standard InChI is InChI=1S/C12H15NO2/c14-12(15)10-6-7-13-11(10)8-9-4-2-1-3-5-9/h1-5,10-11,13H,6-8H2,(H,14,15). The van der Waals surface area contributed by atoms with Crippen molar-refractivity contribution in [3.8, 4) is 0 Å². The lowest BCUT2D eigenvalue weighted by Crippen LogP contribution is -2.33. The van der Waals surface area contributed by atoms with Crippen molar-refractivity contribution >= 4 is 5.97 Å². The molecule has 3 heteroatoms. The second-order valence-electron chi connectivity index (χ2n) is 3.98. The van der Waals surface area contributed by atoms with E-state index in [0.29, 0.717) is 0 Å². The van der Waals surface area contributed by atoms with Crippen LogP contribution in [0, 0.1) is 5.92 Å². The van der Waals surface area contributed by atoms with Crippen LogP contribution in [-0.2, 0) is 11.2 Å². The number of hydrogen-bond acceptors (Lipinski definition) is 2. The summed E-state index contributed by atoms with van der Waals surface area (Å²) in [5, 5.41) is 12.3. The average Bonchev–Trinajstić information content (AvgIpc) is 2.67. The third kappa shape index (κ3) is 2.36. The minimum absolute atomic E-state index is 0.0879. The summed E-state index contributed by atoms with van der Waals surface area (Å²) < 4.78 is 0. The zero-order chi connectivity index (χ0) is 10.7. The second kappa shape index (κ2) is 4.45. The molecule has 2 rings (SSSR count). The van der Waals surface area contributed by atoms with Crippen molar-refractivity contribution in [3.05, 3.63) is 35.9 Å². The SMILES string of the molecule is O=C(O)C1CCNC1Cc1ccccc1. The zero-order valence-corrected chi connectivity index (χ0v) is 8.52. The van der Waals surface area contributed by atoms with Crippen molar-refractivity contribution in [2.45, 2.75) is 18.9 Å². The van der Waals surface area contributed by atoms with Crippen LogP contribution in [0.25, 0.3) is 0 Å². The molecule has 1 saturated heterocycles. The van der Waals surface area contributed by atoms with Gasteiger partial charge in [-0.3, -0.25) is 4.79 Å². The summed E-state index contributed by atoms with van der Waals surface area (Å²) in [6.45, 7) is 0.814. The third-order valence-electron chi connectivity index (χ3n) is 2.96. The van der Waals surface area contributed by atoms with E-state index in [2.05, 4.69) is 5.32 Å². The van der Waals surface area contributed by atoms with Crippen LogP contribution in [0.3, 0.4) is 0 Å². The van der Waals surface area contributed by atoms with Crippen molar-refractivity contribution in [2.24, 2.45) is 5.92 Å². The molecule has 1 fully saturated rings. The molecule has 1 heterocycles. The van der Waals surface area contributed by atoms with Crippen LogP contribution < -0.4 is 5.32 Å². The lowest BCUT2D eigenvalue weighted by atomic mass is 9.95. The largest absolute Gasteiger partial charge is 0.481 e. The monoisotopic (exact) mass is 205 g/mol. The van der Waals surface area contributed by atoms with Crippen molar-refractivity contribution < 1.29 is 9.90 Å². The Kier molecular flexibility index (Phi) is 3.02. The Bertz CT molecular complexity index is 337. The first-order chi connectivity index (χ1) is 7.27. The maximum Gasteiger partial charge on any atom is 0.308 e. The quantitative estimate of drug-likeness (QED) is 0.781. The summed E-state index contributed by atoms with van der Waals surface area (Å²) in [5.41, 5.74) is 1.20. The van der Waals surface area contributed by atoms with E-state index in [4.69, 9.17) is 5.11 Å². The number of hydrogen-bond donors (Lipinski definition) is 2. The summed E-state index contributed by atoms with van der Waals surface area (Å²) in [7, 11) is 0. The van der Waals surface area contributed by atoms with E-state index < -0.39 is 5.97 Å². The summed E-state index contributed by atoms with van der Waals surface area (Å²) in [4.78, 5) is 11.0. The highest BCUT2D eigenvalue weighted by atomic mass is 16.4. The Morgan fingerprint density at radius 3 is 2.80 bits per heavy atom. The lowest BCUT2D eigenvalue weighted by Gasteiger charge is -2.15. The van der Waals surface area contributed by atoms with Gasteiger partial charge in [-0.1, -0.05) is 30.3 Å². The average molecular weight is 205 g/mol. The Balaban J connectivity index is 2.03. The fourth-order valence-corrected chi connectivity index (χ4v) is 2.15. The molecule has 15 heavy (non-hydrogen) atoms. The van der Waals surface area contributed by atoms with Crippen LogP contribution in [0.2, 0.25) is 0 Å². The molecule has 0 aliphatic carbocycles. The minimum atomic E-state index is -0.680. The topological polar surface area (TPSA) is 49.3 Å². The van der Waals surface area contributed by atoms with Gasteiger partial charge in [0.05, 0.1) is 5.92 Å². The molecule has 1 aliphatic rings. The molecule has 1 aromatic carbocycles. The van der Waals surface area contributed by atoms with Crippen LogP contribution >= 0.6 is 0 Å². The summed E-state index contributed by atoms with van der Waals surface area (Å²) >= 11 is 0. The van der Waals surface area contributed by atoms with Crippen molar-refractivity contribution in [1.82, 2.24) is 5.32 Å². The molecule has 0 spiro atoms. The van der Waals surface area contributed by atoms with Crippen molar-refractivity contribution in [1.29, 1.82) is 0 Å². The normalized spacial score (nSPS) is 25.3. The number of carbonyl (C=O) groups is 1. The smallest absolute Gasteiger partial charge is 0.308 e. The highest BCUT2D eigenvalue weighted by Crippen LogP contribution is 2.19. The van der Waals surface area contributed by atoms with Gasteiger partial charge < -0.3 is 10.4 Å². The van der Waals surface area contributed by atoms with Crippen molar-refractivity contribution in [3.63, 3.8) is 0 Å². The zero-order valence-electron chi connectivity index (χ0n) is 8.52. The van der Waals surface area contributed by atoms with Crippen LogP contribution in [0.15, 0.2) is 30.3 Å². The highest BCUT2D eigenvalue weighted by Gasteiger charge is 2.32. The predicted octanol–water partition coefficient (Wildman–Crippen LogP) is 1.29. The van der Waals surface area contributed by atoms with Gasteiger partial charge in [-0.15, -0.1) is 0 Å². The number of carboxylic acids is 1. The lowest BCUT2D eigenvalue weighted by molar-refractivity contribution is -0.141. The van der Waals surface area contributed by atoms with Gasteiger partial charge in [0.25, 0.3) is 0 Å². The maximum atomic E-state index is 11.0. The van der Waals surface area contributed by atoms with Gasteiger partial charge in [0, 0.05) is 6.04 Å². The van der Waals surface area contributed by atoms with Gasteiger partial charge in [-0.2, -0.15) is 0 Å². The van der Waals surface area contributed by atoms with Gasteiger partial charge in [-0.25, -0.2) is 0 Å². The number of carboxylic acid groups (broad SMARTS) is 1. The molecule has 0 aromatic heterocycles. The molecule has 1 aliphatic heterocycles. The Morgan fingerprint density at radius 2 is 2.13 bits per heavy atom. The maximum absolute atomic E-state index is 11.0. The van der Waals surface area contributed by atoms with Crippen LogP contribution in [0.5, 0.6) is 0 Å². The van der Waals surface area contributed by atoms with E-state index in [0.717, 1.165) is 19.4 Å². The molecular weight excluding hydrogens is 190 g/mol. The van der Waals surface area contributed by atoms with E-state index in [-0.39, 0.29) is 12.0 Å². The molecule has 1 aromatic rings. The molecule has 0 amide bonds. The van der Waals surface area contributed by atoms with Crippen LogP contribution in [-0.4, -0.2) is 23.7 Å². The van der Waals surface area contributed by atoms with Gasteiger partial charge in [-0.05, 0) is 24.9 Å². The van der Waals surface area contributed by atoms with E-state index in [1.807, 2.05) is 30.3 Å². The molecule has 2 atom stereocenters. The van der Waals surface area contributed by atoms with E-state index in [1.54, 1.807) is 0 Å². The highest BCUT2D eigenvalue weighted by molar-refractivity contribution is 5.71. The Hall–Kier alpha value is -1.35. The first kappa shape index (κ1) is 10.2. The van der Waals surface area contributed by atoms with E-state index >= 15 is 0 Å². The number of benzene rings is 1. The first-order valence-corrected chi connectivity index (χ1v) is 5.27. The fourth-order valence-electron chi connectivity index (χ4n) is 2.15. The van der Waals surface area contributed by atoms with Gasteiger partial charge in [0.2, 0.25) is 0 Å². The third-order valence-corrected chi connectivity index (χ3v) is 2.96. The summed E-state index contributed by atoms with van der Waals surface area (Å²) in [5.74, 6) is -0.911. The molecule has 0 bridgehead atoms. The Morgan fingerprint density at radius 1 is 1.40 bits per heavy atom. The van der Waals surface area contributed by atoms with Crippen molar-refractivity contribution in [2.75, 3.05) is 6.54 Å². The van der Waals surface area contributed by atoms with E-state index in [9.17, 15) is 4.79 Å². The molecule has 2 N–H and O–H groups in total. The summed E-state index contributed by atoms with van der Waals surface area (Å²) in [6, 6.07) is 10.1. The molecule has 2 unspecified atom stereocenters. The molecule has 0 saturated carbocycles. The van der Waals surface area contributed by atoms with Crippen LogP contribution in [0.1, 0.15) is 12.0 Å². The molecular formula is C12H15NO2. The number of rotatable bonds is 3. The van der Waals surface area contributed by atoms with Gasteiger partial charge in [0.1, 0.15) is 0 Å². The number of aliphatic carboxylic acids is 1. The Labute approximate surface area is 89.1 Å². The molecule has 80 valence electrons. The first-order valence-electron chi connectivity index (χ1n) is 5.27. The second-order valence-corrected chi connectivity index (χ2v) is 3.98.